The summed E-state index contributed by atoms with van der Waals surface area (Å²) in [4.78, 5) is 35.0. The van der Waals surface area contributed by atoms with E-state index in [-0.39, 0.29) is 5.56 Å². The Kier molecular flexibility index (Phi) is 6.21. The van der Waals surface area contributed by atoms with Crippen LogP contribution < -0.4 is 0 Å². The van der Waals surface area contributed by atoms with Crippen LogP contribution in [-0.4, -0.2) is 33.7 Å². The van der Waals surface area contributed by atoms with Crippen molar-refractivity contribution in [1.82, 2.24) is 4.90 Å². The molecule has 1 saturated heterocycles. The van der Waals surface area contributed by atoms with Crippen LogP contribution in [0.1, 0.15) is 40.7 Å². The van der Waals surface area contributed by atoms with Crippen LogP contribution in [0.2, 0.25) is 0 Å². The molecule has 0 atom stereocenters. The van der Waals surface area contributed by atoms with E-state index in [2.05, 4.69) is 31.2 Å². The van der Waals surface area contributed by atoms with Crippen LogP contribution in [-0.2, 0) is 6.42 Å². The molecule has 0 aliphatic carbocycles. The number of nitro benzene ring substituents is 2. The van der Waals surface area contributed by atoms with Gasteiger partial charge in [-0.15, -0.1) is 0 Å². The molecule has 0 unspecified atom stereocenters. The Morgan fingerprint density at radius 3 is 2.07 bits per heavy atom. The minimum atomic E-state index is -0.721. The first-order valence-corrected chi connectivity index (χ1v) is 9.62. The third-order valence-corrected chi connectivity index (χ3v) is 5.43. The molecule has 0 radical (unpaired) electrons. The number of likely N-dealkylation sites (tertiary alicyclic amines) is 1. The molecular weight excluding hydrogens is 374 g/mol. The quantitative estimate of drug-likeness (QED) is 0.534. The number of hydrogen-bond donors (Lipinski definition) is 0. The van der Waals surface area contributed by atoms with Crippen molar-refractivity contribution >= 4 is 17.3 Å². The van der Waals surface area contributed by atoms with Gasteiger partial charge >= 0.3 is 0 Å². The number of amides is 1. The lowest BCUT2D eigenvalue weighted by atomic mass is 9.90. The molecule has 3 rings (SSSR count). The van der Waals surface area contributed by atoms with Gasteiger partial charge in [-0.1, -0.05) is 29.8 Å². The van der Waals surface area contributed by atoms with E-state index >= 15 is 0 Å². The average molecular weight is 397 g/mol. The third-order valence-electron chi connectivity index (χ3n) is 5.43. The summed E-state index contributed by atoms with van der Waals surface area (Å²) in [5, 5.41) is 22.1. The summed E-state index contributed by atoms with van der Waals surface area (Å²) < 4.78 is 0. The monoisotopic (exact) mass is 397 g/mol. The van der Waals surface area contributed by atoms with Crippen LogP contribution in [0.4, 0.5) is 11.4 Å². The Labute approximate surface area is 168 Å². The molecule has 2 aromatic carbocycles. The Hall–Kier alpha value is -3.29. The number of aryl methyl sites for hydroxylation is 2. The number of piperidine rings is 1. The number of carbonyl (C=O) groups is 1. The number of rotatable bonds is 6. The highest BCUT2D eigenvalue weighted by molar-refractivity contribution is 5.95. The van der Waals surface area contributed by atoms with Crippen LogP contribution in [0, 0.1) is 33.1 Å². The number of nitrogens with zero attached hydrogens (tertiary/aromatic N) is 3. The Bertz CT molecular complexity index is 886. The second kappa shape index (κ2) is 8.81. The summed E-state index contributed by atoms with van der Waals surface area (Å²) in [7, 11) is 0. The van der Waals surface area contributed by atoms with Gasteiger partial charge in [0.2, 0.25) is 0 Å². The van der Waals surface area contributed by atoms with Gasteiger partial charge in [0.05, 0.1) is 21.5 Å². The predicted molar refractivity (Wildman–Crippen MR) is 108 cm³/mol. The number of hydrogen-bond acceptors (Lipinski definition) is 5. The van der Waals surface area contributed by atoms with Crippen LogP contribution in [0.25, 0.3) is 0 Å². The predicted octanol–water partition coefficient (Wildman–Crippen LogP) is 4.30. The normalized spacial score (nSPS) is 14.6. The molecule has 0 spiro atoms. The van der Waals surface area contributed by atoms with Crippen molar-refractivity contribution in [3.05, 3.63) is 79.4 Å². The topological polar surface area (TPSA) is 107 Å². The maximum absolute atomic E-state index is 12.7. The molecule has 0 aromatic heterocycles. The van der Waals surface area contributed by atoms with Crippen molar-refractivity contribution in [3.63, 3.8) is 0 Å². The smallest absolute Gasteiger partial charge is 0.277 e. The van der Waals surface area contributed by atoms with Gasteiger partial charge in [0.25, 0.3) is 17.3 Å². The Morgan fingerprint density at radius 2 is 1.55 bits per heavy atom. The van der Waals surface area contributed by atoms with Crippen molar-refractivity contribution in [2.45, 2.75) is 32.6 Å². The van der Waals surface area contributed by atoms with Crippen molar-refractivity contribution in [2.24, 2.45) is 5.92 Å². The summed E-state index contributed by atoms with van der Waals surface area (Å²) in [5.41, 5.74) is 1.63. The maximum Gasteiger partial charge on any atom is 0.277 e. The fourth-order valence-electron chi connectivity index (χ4n) is 3.66. The number of carbonyl (C=O) groups excluding carboxylic acids is 1. The molecule has 1 heterocycles. The average Bonchev–Trinajstić information content (AvgIpc) is 2.72. The highest BCUT2D eigenvalue weighted by Gasteiger charge is 2.26. The fourth-order valence-corrected chi connectivity index (χ4v) is 3.66. The summed E-state index contributed by atoms with van der Waals surface area (Å²) in [6.45, 7) is 3.16. The summed E-state index contributed by atoms with van der Waals surface area (Å²) in [6, 6.07) is 11.6. The van der Waals surface area contributed by atoms with Gasteiger partial charge in [-0.3, -0.25) is 25.0 Å². The second-order valence-corrected chi connectivity index (χ2v) is 7.51. The van der Waals surface area contributed by atoms with Crippen molar-refractivity contribution in [1.29, 1.82) is 0 Å². The summed E-state index contributed by atoms with van der Waals surface area (Å²) >= 11 is 0. The molecule has 1 aliphatic heterocycles. The van der Waals surface area contributed by atoms with Crippen LogP contribution >= 0.6 is 0 Å². The molecule has 1 aliphatic rings. The first-order valence-electron chi connectivity index (χ1n) is 9.62. The van der Waals surface area contributed by atoms with E-state index in [9.17, 15) is 25.0 Å². The summed E-state index contributed by atoms with van der Waals surface area (Å²) in [5.74, 6) is 0.119. The molecule has 0 bridgehead atoms. The highest BCUT2D eigenvalue weighted by Crippen LogP contribution is 2.27. The lowest BCUT2D eigenvalue weighted by Gasteiger charge is -2.32. The molecule has 2 aromatic rings. The van der Waals surface area contributed by atoms with Gasteiger partial charge in [-0.05, 0) is 44.1 Å². The molecule has 8 nitrogen and oxygen atoms in total. The third kappa shape index (κ3) is 5.16. The highest BCUT2D eigenvalue weighted by atomic mass is 16.6. The van der Waals surface area contributed by atoms with Crippen LogP contribution in [0.15, 0.2) is 42.5 Å². The van der Waals surface area contributed by atoms with E-state index in [0.29, 0.717) is 19.0 Å². The largest absolute Gasteiger partial charge is 0.339 e. The van der Waals surface area contributed by atoms with Gasteiger partial charge in [-0.2, -0.15) is 0 Å². The van der Waals surface area contributed by atoms with Crippen LogP contribution in [0.5, 0.6) is 0 Å². The standard InChI is InChI=1S/C21H23N3O5/c1-15-2-4-16(5-3-15)6-7-17-8-10-22(11-9-17)21(25)18-12-19(23(26)27)14-20(13-18)24(28)29/h2-5,12-14,17H,6-11H2,1H3. The minimum Gasteiger partial charge on any atom is -0.339 e. The first kappa shape index (κ1) is 20.4. The lowest BCUT2D eigenvalue weighted by molar-refractivity contribution is -0.394. The zero-order chi connectivity index (χ0) is 21.0. The zero-order valence-corrected chi connectivity index (χ0v) is 16.2. The van der Waals surface area contributed by atoms with Gasteiger partial charge in [0.1, 0.15) is 0 Å². The first-order chi connectivity index (χ1) is 13.8. The van der Waals surface area contributed by atoms with E-state index in [1.807, 2.05) is 0 Å². The molecule has 152 valence electrons. The van der Waals surface area contributed by atoms with E-state index in [1.165, 1.54) is 11.1 Å². The molecule has 0 saturated carbocycles. The van der Waals surface area contributed by atoms with E-state index in [0.717, 1.165) is 43.9 Å². The van der Waals surface area contributed by atoms with Gasteiger partial charge in [0.15, 0.2) is 0 Å². The van der Waals surface area contributed by atoms with Crippen molar-refractivity contribution in [3.8, 4) is 0 Å². The van der Waals surface area contributed by atoms with Crippen molar-refractivity contribution in [2.75, 3.05) is 13.1 Å². The summed E-state index contributed by atoms with van der Waals surface area (Å²) in [6.07, 6.45) is 3.76. The number of nitro groups is 2. The van der Waals surface area contributed by atoms with E-state index in [4.69, 9.17) is 0 Å². The Morgan fingerprint density at radius 1 is 1.00 bits per heavy atom. The van der Waals surface area contributed by atoms with Gasteiger partial charge < -0.3 is 4.90 Å². The molecule has 29 heavy (non-hydrogen) atoms. The number of benzene rings is 2. The molecule has 1 amide bonds. The van der Waals surface area contributed by atoms with E-state index < -0.39 is 27.1 Å². The molecule has 8 heteroatoms. The zero-order valence-electron chi connectivity index (χ0n) is 16.2. The van der Waals surface area contributed by atoms with Crippen LogP contribution in [0.3, 0.4) is 0 Å². The molecule has 1 fully saturated rings. The number of non-ortho nitro benzene ring substituents is 2. The van der Waals surface area contributed by atoms with Gasteiger partial charge in [-0.25, -0.2) is 0 Å². The SMILES string of the molecule is Cc1ccc(CCC2CCN(C(=O)c3cc([N+](=O)[O-])cc([N+](=O)[O-])c3)CC2)cc1. The van der Waals surface area contributed by atoms with Crippen molar-refractivity contribution < 1.29 is 14.6 Å². The van der Waals surface area contributed by atoms with Gasteiger partial charge in [0, 0.05) is 25.2 Å². The second-order valence-electron chi connectivity index (χ2n) is 7.51. The minimum absolute atomic E-state index is 0.0102. The molecular formula is C21H23N3O5. The van der Waals surface area contributed by atoms with E-state index in [1.54, 1.807) is 4.90 Å². The lowest BCUT2D eigenvalue weighted by Crippen LogP contribution is -2.38. The fraction of sp³-hybridized carbons (Fsp3) is 0.381. The molecule has 0 N–H and O–H groups in total. The maximum atomic E-state index is 12.7. The Balaban J connectivity index is 1.60.